The number of carboxylic acids is 1. The van der Waals surface area contributed by atoms with Crippen molar-refractivity contribution in [2.24, 2.45) is 0 Å². The second-order valence-corrected chi connectivity index (χ2v) is 3.72. The van der Waals surface area contributed by atoms with Crippen LogP contribution in [0.3, 0.4) is 0 Å². The highest BCUT2D eigenvalue weighted by molar-refractivity contribution is 6.00. The summed E-state index contributed by atoms with van der Waals surface area (Å²) in [7, 11) is 1.76. The van der Waals surface area contributed by atoms with Crippen molar-refractivity contribution in [3.05, 3.63) is 29.6 Å². The normalized spacial score (nSPS) is 10.1. The van der Waals surface area contributed by atoms with Gasteiger partial charge in [-0.2, -0.15) is 0 Å². The van der Waals surface area contributed by atoms with E-state index in [1.54, 1.807) is 7.05 Å². The zero-order chi connectivity index (χ0) is 13.5. The fourth-order valence-electron chi connectivity index (χ4n) is 1.46. The fraction of sp³-hybridized carbons (Fsp3) is 0.333. The average Bonchev–Trinajstić information content (AvgIpc) is 2.31. The molecule has 3 N–H and O–H groups in total. The Balaban J connectivity index is 2.77. The number of hydrogen-bond acceptors (Lipinski definition) is 3. The van der Waals surface area contributed by atoms with E-state index >= 15 is 0 Å². The Kier molecular flexibility index (Phi) is 5.26. The molecule has 0 spiro atoms. The van der Waals surface area contributed by atoms with Gasteiger partial charge in [0.1, 0.15) is 5.82 Å². The summed E-state index contributed by atoms with van der Waals surface area (Å²) in [5, 5.41) is 14.1. The summed E-state index contributed by atoms with van der Waals surface area (Å²) in [6.07, 6.45) is 0.799. The highest BCUT2D eigenvalue weighted by Gasteiger charge is 2.16. The Morgan fingerprint density at radius 1 is 1.39 bits per heavy atom. The number of anilines is 1. The predicted octanol–water partition coefficient (Wildman–Crippen LogP) is 1.46. The molecule has 1 aromatic rings. The van der Waals surface area contributed by atoms with E-state index in [0.29, 0.717) is 13.0 Å². The Hall–Kier alpha value is -1.95. The van der Waals surface area contributed by atoms with Gasteiger partial charge in [-0.25, -0.2) is 9.18 Å². The van der Waals surface area contributed by atoms with Crippen LogP contribution in [0.5, 0.6) is 0 Å². The lowest BCUT2D eigenvalue weighted by molar-refractivity contribution is -0.116. The standard InChI is InChI=1S/C12H15FN2O3/c1-14-7-3-6-10(16)15-11-8(12(17)18)4-2-5-9(11)13/h2,4-5,14H,3,6-7H2,1H3,(H,15,16)(H,17,18). The molecule has 0 fully saturated rings. The van der Waals surface area contributed by atoms with Crippen molar-refractivity contribution in [1.29, 1.82) is 0 Å². The number of amides is 1. The lowest BCUT2D eigenvalue weighted by atomic mass is 10.1. The van der Waals surface area contributed by atoms with Gasteiger partial charge in [-0.05, 0) is 32.1 Å². The first kappa shape index (κ1) is 14.1. The smallest absolute Gasteiger partial charge is 0.337 e. The van der Waals surface area contributed by atoms with Gasteiger partial charge in [0.2, 0.25) is 5.91 Å². The molecule has 1 amide bonds. The highest BCUT2D eigenvalue weighted by atomic mass is 19.1. The van der Waals surface area contributed by atoms with Crippen molar-refractivity contribution in [2.75, 3.05) is 18.9 Å². The van der Waals surface area contributed by atoms with E-state index in [1.807, 2.05) is 0 Å². The molecular formula is C12H15FN2O3. The summed E-state index contributed by atoms with van der Waals surface area (Å²) in [5.74, 6) is -2.44. The van der Waals surface area contributed by atoms with Crippen LogP contribution in [0.2, 0.25) is 0 Å². The lowest BCUT2D eigenvalue weighted by Gasteiger charge is -2.09. The molecule has 0 radical (unpaired) electrons. The molecule has 1 aromatic carbocycles. The number of halogens is 1. The van der Waals surface area contributed by atoms with Gasteiger partial charge in [0, 0.05) is 6.42 Å². The molecule has 5 nitrogen and oxygen atoms in total. The van der Waals surface area contributed by atoms with E-state index in [1.165, 1.54) is 12.1 Å². The quantitative estimate of drug-likeness (QED) is 0.672. The first-order valence-corrected chi connectivity index (χ1v) is 5.52. The van der Waals surface area contributed by atoms with E-state index in [9.17, 15) is 14.0 Å². The fourth-order valence-corrected chi connectivity index (χ4v) is 1.46. The zero-order valence-corrected chi connectivity index (χ0v) is 10.00. The van der Waals surface area contributed by atoms with Crippen LogP contribution in [0.4, 0.5) is 10.1 Å². The topological polar surface area (TPSA) is 78.4 Å². The highest BCUT2D eigenvalue weighted by Crippen LogP contribution is 2.20. The van der Waals surface area contributed by atoms with Crippen molar-refractivity contribution in [3.63, 3.8) is 0 Å². The summed E-state index contributed by atoms with van der Waals surface area (Å²) in [4.78, 5) is 22.4. The van der Waals surface area contributed by atoms with Gasteiger partial charge in [-0.15, -0.1) is 0 Å². The molecule has 0 heterocycles. The molecule has 1 rings (SSSR count). The van der Waals surface area contributed by atoms with Gasteiger partial charge in [0.15, 0.2) is 0 Å². The van der Waals surface area contributed by atoms with E-state index < -0.39 is 17.7 Å². The summed E-state index contributed by atoms with van der Waals surface area (Å²) >= 11 is 0. The molecule has 0 aromatic heterocycles. The van der Waals surface area contributed by atoms with Gasteiger partial charge in [-0.3, -0.25) is 4.79 Å². The molecule has 0 aliphatic heterocycles. The van der Waals surface area contributed by atoms with Crippen molar-refractivity contribution in [3.8, 4) is 0 Å². The Labute approximate surface area is 104 Å². The minimum Gasteiger partial charge on any atom is -0.478 e. The van der Waals surface area contributed by atoms with Crippen LogP contribution in [-0.4, -0.2) is 30.6 Å². The molecule has 0 saturated carbocycles. The molecule has 0 bridgehead atoms. The molecule has 0 saturated heterocycles. The lowest BCUT2D eigenvalue weighted by Crippen LogP contribution is -2.17. The second kappa shape index (κ2) is 6.70. The Bertz CT molecular complexity index is 449. The number of para-hydroxylation sites is 1. The van der Waals surface area contributed by atoms with E-state index in [4.69, 9.17) is 5.11 Å². The molecular weight excluding hydrogens is 239 g/mol. The van der Waals surface area contributed by atoms with Crippen molar-refractivity contribution >= 4 is 17.6 Å². The van der Waals surface area contributed by atoms with Gasteiger partial charge in [0.05, 0.1) is 11.3 Å². The number of carboxylic acid groups (broad SMARTS) is 1. The third kappa shape index (κ3) is 3.81. The maximum absolute atomic E-state index is 13.5. The Morgan fingerprint density at radius 3 is 2.72 bits per heavy atom. The molecule has 0 aliphatic rings. The minimum absolute atomic E-state index is 0.203. The van der Waals surface area contributed by atoms with Gasteiger partial charge < -0.3 is 15.7 Å². The average molecular weight is 254 g/mol. The monoisotopic (exact) mass is 254 g/mol. The number of carbonyl (C=O) groups is 2. The molecule has 18 heavy (non-hydrogen) atoms. The number of rotatable bonds is 6. The molecule has 0 unspecified atom stereocenters. The van der Waals surface area contributed by atoms with Crippen LogP contribution in [0.25, 0.3) is 0 Å². The maximum atomic E-state index is 13.5. The molecule has 98 valence electrons. The third-order valence-corrected chi connectivity index (χ3v) is 2.34. The first-order chi connectivity index (χ1) is 8.56. The molecule has 0 aliphatic carbocycles. The minimum atomic E-state index is -1.28. The van der Waals surface area contributed by atoms with Crippen molar-refractivity contribution in [2.45, 2.75) is 12.8 Å². The molecule has 0 atom stereocenters. The Morgan fingerprint density at radius 2 is 2.11 bits per heavy atom. The summed E-state index contributed by atoms with van der Waals surface area (Å²) < 4.78 is 13.5. The van der Waals surface area contributed by atoms with E-state index in [0.717, 1.165) is 6.07 Å². The number of carbonyl (C=O) groups excluding carboxylic acids is 1. The van der Waals surface area contributed by atoms with Gasteiger partial charge >= 0.3 is 5.97 Å². The van der Waals surface area contributed by atoms with Crippen LogP contribution >= 0.6 is 0 Å². The van der Waals surface area contributed by atoms with Crippen LogP contribution in [0.15, 0.2) is 18.2 Å². The maximum Gasteiger partial charge on any atom is 0.337 e. The first-order valence-electron chi connectivity index (χ1n) is 5.52. The van der Waals surface area contributed by atoms with Crippen LogP contribution in [0.1, 0.15) is 23.2 Å². The predicted molar refractivity (Wildman–Crippen MR) is 65.1 cm³/mol. The zero-order valence-electron chi connectivity index (χ0n) is 10.00. The largest absolute Gasteiger partial charge is 0.478 e. The van der Waals surface area contributed by atoms with Gasteiger partial charge in [-0.1, -0.05) is 6.07 Å². The van der Waals surface area contributed by atoms with Crippen LogP contribution in [-0.2, 0) is 4.79 Å². The van der Waals surface area contributed by atoms with Crippen LogP contribution in [0, 0.1) is 5.82 Å². The number of nitrogens with one attached hydrogen (secondary N) is 2. The van der Waals surface area contributed by atoms with Crippen molar-refractivity contribution < 1.29 is 19.1 Å². The summed E-state index contributed by atoms with van der Waals surface area (Å²) in [5.41, 5.74) is -0.531. The van der Waals surface area contributed by atoms with E-state index in [2.05, 4.69) is 10.6 Å². The summed E-state index contributed by atoms with van der Waals surface area (Å²) in [6, 6.07) is 3.64. The number of benzene rings is 1. The van der Waals surface area contributed by atoms with Crippen LogP contribution < -0.4 is 10.6 Å². The summed E-state index contributed by atoms with van der Waals surface area (Å²) in [6.45, 7) is 0.663. The third-order valence-electron chi connectivity index (χ3n) is 2.34. The van der Waals surface area contributed by atoms with Crippen molar-refractivity contribution in [1.82, 2.24) is 5.32 Å². The number of hydrogen-bond donors (Lipinski definition) is 3. The van der Waals surface area contributed by atoms with E-state index in [-0.39, 0.29) is 17.7 Å². The number of aromatic carboxylic acids is 1. The van der Waals surface area contributed by atoms with Gasteiger partial charge in [0.25, 0.3) is 0 Å². The second-order valence-electron chi connectivity index (χ2n) is 3.72. The SMILES string of the molecule is CNCCCC(=O)Nc1c(F)cccc1C(=O)O. The molecule has 6 heteroatoms.